The van der Waals surface area contributed by atoms with Crippen LogP contribution < -0.4 is 5.32 Å². The van der Waals surface area contributed by atoms with Crippen molar-refractivity contribution >= 4 is 17.5 Å². The summed E-state index contributed by atoms with van der Waals surface area (Å²) in [6.45, 7) is 3.40. The van der Waals surface area contributed by atoms with Gasteiger partial charge in [-0.3, -0.25) is 4.79 Å². The Morgan fingerprint density at radius 3 is 2.96 bits per heavy atom. The first-order valence-electron chi connectivity index (χ1n) is 8.49. The summed E-state index contributed by atoms with van der Waals surface area (Å²) in [6, 6.07) is 11.6. The van der Waals surface area contributed by atoms with E-state index < -0.39 is 0 Å². The summed E-state index contributed by atoms with van der Waals surface area (Å²) >= 11 is 0. The Hall–Kier alpha value is -2.96. The largest absolute Gasteiger partial charge is 0.365 e. The first-order valence-corrected chi connectivity index (χ1v) is 8.49. The van der Waals surface area contributed by atoms with Crippen molar-refractivity contribution in [1.82, 2.24) is 24.5 Å². The van der Waals surface area contributed by atoms with Crippen molar-refractivity contribution in [1.29, 1.82) is 0 Å². The lowest BCUT2D eigenvalue weighted by atomic mass is 10.0. The number of nitrogens with zero attached hydrogens (tertiary/aromatic N) is 5. The van der Waals surface area contributed by atoms with Crippen LogP contribution in [0.2, 0.25) is 0 Å². The molecule has 3 aromatic rings. The molecule has 7 heteroatoms. The van der Waals surface area contributed by atoms with Crippen LogP contribution in [0.3, 0.4) is 0 Å². The molecule has 1 aromatic carbocycles. The molecule has 0 aliphatic carbocycles. The zero-order chi connectivity index (χ0) is 17.2. The number of benzene rings is 1. The average Bonchev–Trinajstić information content (AvgIpc) is 3.10. The number of hydrogen-bond donors (Lipinski definition) is 1. The number of aryl methyl sites for hydroxylation is 1. The lowest BCUT2D eigenvalue weighted by Gasteiger charge is -2.33. The number of fused-ring (bicyclic) bond motifs is 1. The van der Waals surface area contributed by atoms with Crippen molar-refractivity contribution in [2.24, 2.45) is 0 Å². The molecule has 7 nitrogen and oxygen atoms in total. The van der Waals surface area contributed by atoms with Gasteiger partial charge in [-0.2, -0.15) is 14.6 Å². The van der Waals surface area contributed by atoms with Gasteiger partial charge in [0.25, 0.3) is 11.7 Å². The second-order valence-electron chi connectivity index (χ2n) is 6.36. The van der Waals surface area contributed by atoms with Crippen molar-refractivity contribution in [2.75, 3.05) is 18.4 Å². The Morgan fingerprint density at radius 2 is 2.12 bits per heavy atom. The Balaban J connectivity index is 1.51. The molecule has 25 heavy (non-hydrogen) atoms. The first kappa shape index (κ1) is 15.6. The second-order valence-corrected chi connectivity index (χ2v) is 6.36. The molecule has 1 fully saturated rings. The molecule has 1 N–H and O–H groups in total. The van der Waals surface area contributed by atoms with E-state index in [1.165, 1.54) is 6.33 Å². The highest BCUT2D eigenvalue weighted by molar-refractivity contribution is 5.94. The van der Waals surface area contributed by atoms with Crippen molar-refractivity contribution in [2.45, 2.75) is 25.8 Å². The number of piperidine rings is 1. The molecule has 0 spiro atoms. The van der Waals surface area contributed by atoms with Crippen LogP contribution in [0.15, 0.2) is 42.7 Å². The molecular formula is C18H20N6O. The zero-order valence-electron chi connectivity index (χ0n) is 14.1. The molecule has 128 valence electrons. The third-order valence-corrected chi connectivity index (χ3v) is 4.46. The number of carbonyl (C=O) groups excluding carboxylic acids is 1. The zero-order valence-corrected chi connectivity index (χ0v) is 14.1. The second kappa shape index (κ2) is 6.51. The standard InChI is InChI=1S/C18H20N6O/c1-13-10-16(24-18(21-13)19-12-20-24)22-15-8-5-9-23(11-15)17(25)14-6-3-2-4-7-14/h2-4,6-7,10,12,15,22H,5,8-9,11H2,1H3/t15-/m1/s1. The number of amides is 1. The number of likely N-dealkylation sites (tertiary alicyclic amines) is 1. The van der Waals surface area contributed by atoms with Gasteiger partial charge >= 0.3 is 0 Å². The number of hydrogen-bond acceptors (Lipinski definition) is 5. The van der Waals surface area contributed by atoms with Crippen LogP contribution in [0.4, 0.5) is 5.82 Å². The van der Waals surface area contributed by atoms with Crippen LogP contribution in [0.1, 0.15) is 28.9 Å². The minimum Gasteiger partial charge on any atom is -0.365 e. The van der Waals surface area contributed by atoms with E-state index in [2.05, 4.69) is 20.4 Å². The fourth-order valence-electron chi connectivity index (χ4n) is 3.29. The van der Waals surface area contributed by atoms with Gasteiger partial charge in [-0.15, -0.1) is 0 Å². The van der Waals surface area contributed by atoms with E-state index in [1.54, 1.807) is 4.52 Å². The minimum absolute atomic E-state index is 0.0870. The molecule has 1 saturated heterocycles. The molecule has 0 radical (unpaired) electrons. The number of anilines is 1. The summed E-state index contributed by atoms with van der Waals surface area (Å²) in [7, 11) is 0. The molecule has 0 saturated carbocycles. The predicted molar refractivity (Wildman–Crippen MR) is 94.5 cm³/mol. The minimum atomic E-state index is 0.0870. The Morgan fingerprint density at radius 1 is 1.28 bits per heavy atom. The van der Waals surface area contributed by atoms with Crippen LogP contribution in [0, 0.1) is 6.92 Å². The SMILES string of the molecule is Cc1cc(N[C@@H]2CCCN(C(=O)c3ccccc3)C2)n2ncnc2n1. The Labute approximate surface area is 145 Å². The normalized spacial score (nSPS) is 17.6. The van der Waals surface area contributed by atoms with E-state index in [0.29, 0.717) is 12.3 Å². The molecule has 1 aliphatic heterocycles. The van der Waals surface area contributed by atoms with Crippen molar-refractivity contribution in [3.8, 4) is 0 Å². The summed E-state index contributed by atoms with van der Waals surface area (Å²) in [4.78, 5) is 23.1. The summed E-state index contributed by atoms with van der Waals surface area (Å²) in [5, 5.41) is 7.74. The molecule has 0 bridgehead atoms. The van der Waals surface area contributed by atoms with Gasteiger partial charge in [-0.25, -0.2) is 4.98 Å². The summed E-state index contributed by atoms with van der Waals surface area (Å²) in [6.07, 6.45) is 3.48. The Bertz CT molecular complexity index is 891. The van der Waals surface area contributed by atoms with Crippen molar-refractivity contribution in [3.63, 3.8) is 0 Å². The van der Waals surface area contributed by atoms with Gasteiger partial charge in [-0.05, 0) is 31.9 Å². The predicted octanol–water partition coefficient (Wildman–Crippen LogP) is 2.15. The highest BCUT2D eigenvalue weighted by Crippen LogP contribution is 2.18. The highest BCUT2D eigenvalue weighted by Gasteiger charge is 2.25. The number of aromatic nitrogens is 4. The maximum absolute atomic E-state index is 12.7. The smallest absolute Gasteiger partial charge is 0.254 e. The molecule has 1 amide bonds. The summed E-state index contributed by atoms with van der Waals surface area (Å²) < 4.78 is 1.70. The molecule has 2 aromatic heterocycles. The van der Waals surface area contributed by atoms with Gasteiger partial charge < -0.3 is 10.2 Å². The topological polar surface area (TPSA) is 75.4 Å². The summed E-state index contributed by atoms with van der Waals surface area (Å²) in [5.41, 5.74) is 1.62. The van der Waals surface area contributed by atoms with Crippen LogP contribution in [0.5, 0.6) is 0 Å². The van der Waals surface area contributed by atoms with Gasteiger partial charge in [0, 0.05) is 36.5 Å². The maximum Gasteiger partial charge on any atom is 0.254 e. The monoisotopic (exact) mass is 336 g/mol. The molecule has 4 rings (SSSR count). The van der Waals surface area contributed by atoms with E-state index in [4.69, 9.17) is 0 Å². The lowest BCUT2D eigenvalue weighted by molar-refractivity contribution is 0.0714. The van der Waals surface area contributed by atoms with Crippen LogP contribution in [-0.4, -0.2) is 49.5 Å². The first-order chi connectivity index (χ1) is 12.2. The van der Waals surface area contributed by atoms with E-state index in [0.717, 1.165) is 36.5 Å². The maximum atomic E-state index is 12.7. The number of carbonyl (C=O) groups is 1. The van der Waals surface area contributed by atoms with Crippen molar-refractivity contribution in [3.05, 3.63) is 54.0 Å². The van der Waals surface area contributed by atoms with Crippen LogP contribution in [0.25, 0.3) is 5.78 Å². The molecular weight excluding hydrogens is 316 g/mol. The molecule has 1 atom stereocenters. The van der Waals surface area contributed by atoms with Gasteiger partial charge in [0.1, 0.15) is 12.1 Å². The third-order valence-electron chi connectivity index (χ3n) is 4.46. The fraction of sp³-hybridized carbons (Fsp3) is 0.333. The van der Waals surface area contributed by atoms with E-state index in [1.807, 2.05) is 48.2 Å². The Kier molecular flexibility index (Phi) is 4.05. The highest BCUT2D eigenvalue weighted by atomic mass is 16.2. The van der Waals surface area contributed by atoms with Gasteiger partial charge in [0.15, 0.2) is 0 Å². The van der Waals surface area contributed by atoms with E-state index in [9.17, 15) is 4.79 Å². The number of rotatable bonds is 3. The molecule has 0 unspecified atom stereocenters. The third kappa shape index (κ3) is 3.17. The molecule has 1 aliphatic rings. The van der Waals surface area contributed by atoms with E-state index >= 15 is 0 Å². The van der Waals surface area contributed by atoms with Crippen LogP contribution >= 0.6 is 0 Å². The van der Waals surface area contributed by atoms with Gasteiger partial charge in [-0.1, -0.05) is 18.2 Å². The quantitative estimate of drug-likeness (QED) is 0.793. The number of nitrogens with one attached hydrogen (secondary N) is 1. The van der Waals surface area contributed by atoms with Crippen LogP contribution in [-0.2, 0) is 0 Å². The molecule has 3 heterocycles. The van der Waals surface area contributed by atoms with Gasteiger partial charge in [0.05, 0.1) is 0 Å². The average molecular weight is 336 g/mol. The van der Waals surface area contributed by atoms with Crippen molar-refractivity contribution < 1.29 is 4.79 Å². The summed E-state index contributed by atoms with van der Waals surface area (Å²) in [5.74, 6) is 1.53. The van der Waals surface area contributed by atoms with E-state index in [-0.39, 0.29) is 11.9 Å². The van der Waals surface area contributed by atoms with Gasteiger partial charge in [0.2, 0.25) is 0 Å². The fourth-order valence-corrected chi connectivity index (χ4v) is 3.29. The lowest BCUT2D eigenvalue weighted by Crippen LogP contribution is -2.45.